The maximum Gasteiger partial charge on any atom is 0.191 e. The number of aromatic nitrogens is 3. The van der Waals surface area contributed by atoms with Crippen LogP contribution in [0.15, 0.2) is 41.9 Å². The van der Waals surface area contributed by atoms with Crippen LogP contribution in [-0.2, 0) is 6.54 Å². The summed E-state index contributed by atoms with van der Waals surface area (Å²) in [6.45, 7) is 6.81. The third kappa shape index (κ3) is 7.08. The van der Waals surface area contributed by atoms with Crippen LogP contribution in [0.1, 0.15) is 26.7 Å². The van der Waals surface area contributed by atoms with Gasteiger partial charge in [0.25, 0.3) is 0 Å². The van der Waals surface area contributed by atoms with Crippen molar-refractivity contribution in [1.82, 2.24) is 25.4 Å². The molecule has 0 bridgehead atoms. The summed E-state index contributed by atoms with van der Waals surface area (Å²) >= 11 is 0. The normalized spacial score (nSPS) is 12.7. The van der Waals surface area contributed by atoms with Gasteiger partial charge in [0.2, 0.25) is 0 Å². The zero-order chi connectivity index (χ0) is 18.6. The van der Waals surface area contributed by atoms with Gasteiger partial charge < -0.3 is 19.9 Å². The quantitative estimate of drug-likeness (QED) is 0.385. The number of aliphatic imine (C=N–C) groups is 1. The van der Waals surface area contributed by atoms with Gasteiger partial charge in [0.1, 0.15) is 18.8 Å². The van der Waals surface area contributed by atoms with E-state index in [1.165, 1.54) is 6.07 Å². The fraction of sp³-hybridized carbons (Fsp3) is 0.500. The van der Waals surface area contributed by atoms with Crippen molar-refractivity contribution >= 4 is 5.96 Å². The predicted molar refractivity (Wildman–Crippen MR) is 99.7 cm³/mol. The largest absolute Gasteiger partial charge is 0.486 e. The molecule has 2 N–H and O–H groups in total. The monoisotopic (exact) mass is 362 g/mol. The molecule has 0 fully saturated rings. The van der Waals surface area contributed by atoms with E-state index in [2.05, 4.69) is 25.8 Å². The first-order chi connectivity index (χ1) is 12.7. The van der Waals surface area contributed by atoms with Crippen LogP contribution < -0.4 is 15.4 Å². The van der Waals surface area contributed by atoms with E-state index in [1.807, 2.05) is 18.4 Å². The number of halogens is 1. The molecule has 1 aromatic heterocycles. The molecule has 142 valence electrons. The summed E-state index contributed by atoms with van der Waals surface area (Å²) in [5.41, 5.74) is 0. The van der Waals surface area contributed by atoms with Gasteiger partial charge >= 0.3 is 0 Å². The second kappa shape index (κ2) is 11.1. The Labute approximate surface area is 153 Å². The lowest BCUT2D eigenvalue weighted by Crippen LogP contribution is -2.38. The first-order valence-electron chi connectivity index (χ1n) is 8.94. The van der Waals surface area contributed by atoms with Crippen molar-refractivity contribution in [3.63, 3.8) is 0 Å². The van der Waals surface area contributed by atoms with Crippen LogP contribution in [0, 0.1) is 5.82 Å². The Balaban J connectivity index is 1.71. The molecule has 0 radical (unpaired) electrons. The lowest BCUT2D eigenvalue weighted by Gasteiger charge is -2.15. The van der Waals surface area contributed by atoms with Gasteiger partial charge in [0.05, 0.1) is 6.54 Å². The van der Waals surface area contributed by atoms with Gasteiger partial charge in [0.15, 0.2) is 17.5 Å². The zero-order valence-electron chi connectivity index (χ0n) is 15.4. The van der Waals surface area contributed by atoms with E-state index < -0.39 is 0 Å². The van der Waals surface area contributed by atoms with Gasteiger partial charge in [-0.3, -0.25) is 0 Å². The first-order valence-corrected chi connectivity index (χ1v) is 8.94. The summed E-state index contributed by atoms with van der Waals surface area (Å²) < 4.78 is 21.2. The van der Waals surface area contributed by atoms with Crippen molar-refractivity contribution in [3.05, 3.63) is 42.7 Å². The molecule has 1 atom stereocenters. The molecule has 1 heterocycles. The number of para-hydroxylation sites is 1. The number of rotatable bonds is 10. The number of hydrogen-bond donors (Lipinski definition) is 2. The van der Waals surface area contributed by atoms with Crippen LogP contribution in [-0.4, -0.2) is 46.5 Å². The van der Waals surface area contributed by atoms with Crippen LogP contribution in [0.5, 0.6) is 5.75 Å². The van der Waals surface area contributed by atoms with Crippen molar-refractivity contribution in [1.29, 1.82) is 0 Å². The zero-order valence-corrected chi connectivity index (χ0v) is 15.4. The maximum absolute atomic E-state index is 13.6. The molecule has 2 aromatic rings. The Morgan fingerprint density at radius 3 is 2.73 bits per heavy atom. The molecule has 0 aliphatic heterocycles. The van der Waals surface area contributed by atoms with E-state index in [0.29, 0.717) is 6.54 Å². The number of guanidine groups is 1. The molecular formula is C18H27FN6O. The van der Waals surface area contributed by atoms with E-state index in [4.69, 9.17) is 4.74 Å². The van der Waals surface area contributed by atoms with Crippen molar-refractivity contribution < 1.29 is 9.13 Å². The summed E-state index contributed by atoms with van der Waals surface area (Å²) in [4.78, 5) is 4.51. The molecule has 1 aromatic carbocycles. The topological polar surface area (TPSA) is 76.4 Å². The predicted octanol–water partition coefficient (Wildman–Crippen LogP) is 2.22. The van der Waals surface area contributed by atoms with Gasteiger partial charge in [-0.05, 0) is 38.8 Å². The minimum absolute atomic E-state index is 0.226. The summed E-state index contributed by atoms with van der Waals surface area (Å²) in [7, 11) is 0. The molecule has 0 spiro atoms. The molecule has 2 rings (SSSR count). The summed E-state index contributed by atoms with van der Waals surface area (Å²) in [5, 5.41) is 14.1. The fourth-order valence-corrected chi connectivity index (χ4v) is 2.32. The highest BCUT2D eigenvalue weighted by molar-refractivity contribution is 5.79. The van der Waals surface area contributed by atoms with Crippen molar-refractivity contribution in [3.8, 4) is 5.75 Å². The fourth-order valence-electron chi connectivity index (χ4n) is 2.32. The minimum atomic E-state index is -0.360. The van der Waals surface area contributed by atoms with Gasteiger partial charge in [-0.2, -0.15) is 0 Å². The van der Waals surface area contributed by atoms with Gasteiger partial charge in [-0.25, -0.2) is 9.38 Å². The van der Waals surface area contributed by atoms with Gasteiger partial charge in [0, 0.05) is 19.6 Å². The Morgan fingerprint density at radius 2 is 2.00 bits per heavy atom. The number of aryl methyl sites for hydroxylation is 1. The molecule has 0 saturated heterocycles. The van der Waals surface area contributed by atoms with E-state index in [1.54, 1.807) is 30.9 Å². The molecule has 0 saturated carbocycles. The summed E-state index contributed by atoms with van der Waals surface area (Å²) in [6.07, 6.45) is 5.24. The Morgan fingerprint density at radius 1 is 1.23 bits per heavy atom. The Bertz CT molecular complexity index is 661. The Kier molecular flexibility index (Phi) is 8.38. The molecule has 0 amide bonds. The van der Waals surface area contributed by atoms with E-state index in [0.717, 1.165) is 38.4 Å². The second-order valence-corrected chi connectivity index (χ2v) is 5.91. The van der Waals surface area contributed by atoms with Crippen LogP contribution >= 0.6 is 0 Å². The van der Waals surface area contributed by atoms with Crippen molar-refractivity contribution in [2.75, 3.05) is 19.6 Å². The van der Waals surface area contributed by atoms with Crippen molar-refractivity contribution in [2.24, 2.45) is 4.99 Å². The number of ether oxygens (including phenoxy) is 1. The number of benzene rings is 1. The van der Waals surface area contributed by atoms with E-state index in [-0.39, 0.29) is 17.7 Å². The molecule has 0 aliphatic rings. The number of nitrogens with one attached hydrogen (secondary N) is 2. The molecule has 26 heavy (non-hydrogen) atoms. The summed E-state index contributed by atoms with van der Waals surface area (Å²) in [5.74, 6) is 0.629. The van der Waals surface area contributed by atoms with Crippen molar-refractivity contribution in [2.45, 2.75) is 39.3 Å². The molecule has 8 heteroatoms. The van der Waals surface area contributed by atoms with Crippen LogP contribution in [0.2, 0.25) is 0 Å². The number of nitrogens with zero attached hydrogens (tertiary/aromatic N) is 4. The van der Waals surface area contributed by atoms with Crippen LogP contribution in [0.25, 0.3) is 0 Å². The minimum Gasteiger partial charge on any atom is -0.486 e. The number of hydrogen-bond acceptors (Lipinski definition) is 4. The SMILES string of the molecule is CCNC(=NCC(C)Oc1ccccc1F)NCCCCn1cnnc1. The lowest BCUT2D eigenvalue weighted by molar-refractivity contribution is 0.220. The highest BCUT2D eigenvalue weighted by Crippen LogP contribution is 2.16. The molecular weight excluding hydrogens is 335 g/mol. The third-order valence-corrected chi connectivity index (χ3v) is 3.62. The standard InChI is InChI=1S/C18H27FN6O/c1-3-20-18(21-10-6-7-11-25-13-23-24-14-25)22-12-15(2)26-17-9-5-4-8-16(17)19/h4-5,8-9,13-15H,3,6-7,10-12H2,1-2H3,(H2,20,21,22). The average Bonchev–Trinajstić information content (AvgIpc) is 3.15. The highest BCUT2D eigenvalue weighted by atomic mass is 19.1. The first kappa shape index (κ1) is 19.7. The Hall–Kier alpha value is -2.64. The highest BCUT2D eigenvalue weighted by Gasteiger charge is 2.08. The van der Waals surface area contributed by atoms with Gasteiger partial charge in [-0.1, -0.05) is 12.1 Å². The smallest absolute Gasteiger partial charge is 0.191 e. The van der Waals surface area contributed by atoms with Crippen LogP contribution in [0.3, 0.4) is 0 Å². The van der Waals surface area contributed by atoms with Crippen LogP contribution in [0.4, 0.5) is 4.39 Å². The van der Waals surface area contributed by atoms with E-state index >= 15 is 0 Å². The molecule has 0 aliphatic carbocycles. The lowest BCUT2D eigenvalue weighted by atomic mass is 10.3. The summed E-state index contributed by atoms with van der Waals surface area (Å²) in [6, 6.07) is 6.40. The number of unbranched alkanes of at least 4 members (excludes halogenated alkanes) is 1. The average molecular weight is 362 g/mol. The molecule has 1 unspecified atom stereocenters. The van der Waals surface area contributed by atoms with E-state index in [9.17, 15) is 4.39 Å². The third-order valence-electron chi connectivity index (χ3n) is 3.62. The maximum atomic E-state index is 13.6. The van der Waals surface area contributed by atoms with Gasteiger partial charge in [-0.15, -0.1) is 10.2 Å². The molecule has 7 nitrogen and oxygen atoms in total. The second-order valence-electron chi connectivity index (χ2n) is 5.91.